The Morgan fingerprint density at radius 1 is 1.38 bits per heavy atom. The van der Waals surface area contributed by atoms with Gasteiger partial charge >= 0.3 is 12.0 Å². The zero-order chi connectivity index (χ0) is 18.5. The Labute approximate surface area is 152 Å². The number of nitrogens with zero attached hydrogens (tertiary/aromatic N) is 2. The summed E-state index contributed by atoms with van der Waals surface area (Å²) < 4.78 is 18.8. The first-order valence-corrected chi connectivity index (χ1v) is 8.81. The minimum absolute atomic E-state index is 0.0923. The zero-order valence-electron chi connectivity index (χ0n) is 13.8. The molecule has 8 nitrogen and oxygen atoms in total. The summed E-state index contributed by atoms with van der Waals surface area (Å²) in [5.41, 5.74) is 1.10. The van der Waals surface area contributed by atoms with E-state index in [-0.39, 0.29) is 18.9 Å². The molecule has 2 heterocycles. The molecule has 0 fully saturated rings. The highest BCUT2D eigenvalue weighted by atomic mass is 32.2. The molecule has 1 aliphatic heterocycles. The van der Waals surface area contributed by atoms with Crippen molar-refractivity contribution in [3.05, 3.63) is 41.4 Å². The number of ether oxygens (including phenoxy) is 1. The molecular formula is C16H16FN5O3S. The van der Waals surface area contributed by atoms with Gasteiger partial charge in [-0.05, 0) is 19.1 Å². The van der Waals surface area contributed by atoms with Gasteiger partial charge < -0.3 is 15.4 Å². The van der Waals surface area contributed by atoms with Crippen LogP contribution in [0, 0.1) is 5.82 Å². The van der Waals surface area contributed by atoms with Crippen LogP contribution in [-0.2, 0) is 9.53 Å². The van der Waals surface area contributed by atoms with Crippen molar-refractivity contribution in [3.63, 3.8) is 0 Å². The lowest BCUT2D eigenvalue weighted by molar-refractivity contribution is -0.138. The van der Waals surface area contributed by atoms with E-state index < -0.39 is 17.8 Å². The minimum atomic E-state index is -0.488. The van der Waals surface area contributed by atoms with E-state index in [2.05, 4.69) is 25.8 Å². The summed E-state index contributed by atoms with van der Waals surface area (Å²) in [6.07, 6.45) is 0. The second-order valence-electron chi connectivity index (χ2n) is 5.22. The summed E-state index contributed by atoms with van der Waals surface area (Å²) >= 11 is 1.21. The monoisotopic (exact) mass is 377 g/mol. The van der Waals surface area contributed by atoms with Crippen LogP contribution in [0.3, 0.4) is 0 Å². The number of halogens is 1. The maximum Gasteiger partial charge on any atom is 0.337 e. The van der Waals surface area contributed by atoms with Gasteiger partial charge in [-0.2, -0.15) is 0 Å². The number of esters is 1. The third-order valence-corrected chi connectivity index (χ3v) is 4.39. The summed E-state index contributed by atoms with van der Waals surface area (Å²) in [4.78, 5) is 27.8. The van der Waals surface area contributed by atoms with Crippen molar-refractivity contribution in [2.45, 2.75) is 12.1 Å². The summed E-state index contributed by atoms with van der Waals surface area (Å²) in [7, 11) is 0. The third kappa shape index (κ3) is 4.02. The number of nitrogens with one attached hydrogen (secondary N) is 3. The molecule has 2 aromatic rings. The van der Waals surface area contributed by atoms with Crippen molar-refractivity contribution < 1.29 is 18.7 Å². The molecular weight excluding hydrogens is 361 g/mol. The largest absolute Gasteiger partial charge is 0.463 e. The number of H-pyrrole nitrogens is 1. The Kier molecular flexibility index (Phi) is 5.52. The number of benzene rings is 1. The van der Waals surface area contributed by atoms with Gasteiger partial charge in [-0.1, -0.05) is 23.9 Å². The highest BCUT2D eigenvalue weighted by Gasteiger charge is 2.24. The Hall–Kier alpha value is -2.88. The summed E-state index contributed by atoms with van der Waals surface area (Å²) in [6, 6.07) is 5.84. The lowest BCUT2D eigenvalue weighted by Gasteiger charge is -2.20. The number of carbonyl (C=O) groups is 2. The van der Waals surface area contributed by atoms with Crippen molar-refractivity contribution in [1.82, 2.24) is 25.8 Å². The molecule has 0 radical (unpaired) electrons. The third-order valence-electron chi connectivity index (χ3n) is 3.52. The topological polar surface area (TPSA) is 109 Å². The predicted molar refractivity (Wildman–Crippen MR) is 92.7 cm³/mol. The molecule has 136 valence electrons. The van der Waals surface area contributed by atoms with Crippen molar-refractivity contribution >= 4 is 23.8 Å². The van der Waals surface area contributed by atoms with Gasteiger partial charge in [0.25, 0.3) is 0 Å². The maximum atomic E-state index is 13.8. The molecule has 0 atom stereocenters. The molecule has 1 aromatic carbocycles. The Morgan fingerprint density at radius 2 is 2.19 bits per heavy atom. The van der Waals surface area contributed by atoms with Crippen LogP contribution in [0.4, 0.5) is 9.18 Å². The highest BCUT2D eigenvalue weighted by Crippen LogP contribution is 2.23. The summed E-state index contributed by atoms with van der Waals surface area (Å²) in [6.45, 7) is 2.04. The van der Waals surface area contributed by atoms with Crippen LogP contribution in [-0.4, -0.2) is 46.1 Å². The first-order chi connectivity index (χ1) is 12.6. The van der Waals surface area contributed by atoms with E-state index in [9.17, 15) is 14.0 Å². The second-order valence-corrected chi connectivity index (χ2v) is 6.16. The van der Waals surface area contributed by atoms with Crippen molar-refractivity contribution in [1.29, 1.82) is 0 Å². The number of thioether (sulfide) groups is 1. The number of rotatable bonds is 6. The summed E-state index contributed by atoms with van der Waals surface area (Å²) in [5, 5.41) is 12.2. The molecule has 1 aliphatic rings. The minimum Gasteiger partial charge on any atom is -0.463 e. The molecule has 0 unspecified atom stereocenters. The van der Waals surface area contributed by atoms with E-state index in [1.165, 1.54) is 17.8 Å². The fraction of sp³-hybridized carbons (Fsp3) is 0.250. The molecule has 0 bridgehead atoms. The molecule has 1 aromatic heterocycles. The van der Waals surface area contributed by atoms with Gasteiger partial charge in [0.1, 0.15) is 5.82 Å². The van der Waals surface area contributed by atoms with E-state index in [0.717, 1.165) is 0 Å². The fourth-order valence-electron chi connectivity index (χ4n) is 2.29. The lowest BCUT2D eigenvalue weighted by atomic mass is 10.2. The van der Waals surface area contributed by atoms with Crippen LogP contribution in [0.1, 0.15) is 6.92 Å². The van der Waals surface area contributed by atoms with Crippen molar-refractivity contribution in [2.75, 3.05) is 18.9 Å². The number of aromatic nitrogens is 3. The quantitative estimate of drug-likeness (QED) is 0.523. The maximum absolute atomic E-state index is 13.8. The standard InChI is InChI=1S/C16H16FN5O3S/c1-2-25-14(23)10-7-18-15(24)19-12(10)8-26-16-20-13(21-22-16)9-5-3-4-6-11(9)17/h3-6H,2,7-8H2,1H3,(H2,18,19,24)(H,20,21,22). The Balaban J connectivity index is 1.74. The number of hydrogen-bond donors (Lipinski definition) is 3. The average molecular weight is 377 g/mol. The lowest BCUT2D eigenvalue weighted by Crippen LogP contribution is -2.44. The molecule has 2 amide bonds. The van der Waals surface area contributed by atoms with Crippen molar-refractivity contribution in [3.8, 4) is 11.4 Å². The normalized spacial score (nSPS) is 14.0. The molecule has 0 aliphatic carbocycles. The molecule has 3 N–H and O–H groups in total. The van der Waals surface area contributed by atoms with Gasteiger partial charge in [0, 0.05) is 11.4 Å². The van der Waals surface area contributed by atoms with Crippen LogP contribution in [0.25, 0.3) is 11.4 Å². The van der Waals surface area contributed by atoms with Gasteiger partial charge in [-0.3, -0.25) is 5.10 Å². The number of aromatic amines is 1. The van der Waals surface area contributed by atoms with E-state index >= 15 is 0 Å². The van der Waals surface area contributed by atoms with E-state index in [0.29, 0.717) is 27.8 Å². The van der Waals surface area contributed by atoms with Crippen LogP contribution in [0.2, 0.25) is 0 Å². The molecule has 0 saturated heterocycles. The van der Waals surface area contributed by atoms with Crippen LogP contribution in [0.5, 0.6) is 0 Å². The van der Waals surface area contributed by atoms with Gasteiger partial charge in [-0.15, -0.1) is 5.10 Å². The number of urea groups is 1. The Bertz CT molecular complexity index is 867. The first-order valence-electron chi connectivity index (χ1n) is 7.82. The van der Waals surface area contributed by atoms with Crippen molar-refractivity contribution in [2.24, 2.45) is 0 Å². The summed E-state index contributed by atoms with van der Waals surface area (Å²) in [5.74, 6) is -0.328. The number of amides is 2. The van der Waals surface area contributed by atoms with E-state index in [1.54, 1.807) is 25.1 Å². The average Bonchev–Trinajstić information content (AvgIpc) is 3.09. The van der Waals surface area contributed by atoms with Gasteiger partial charge in [-0.25, -0.2) is 19.0 Å². The molecule has 0 spiro atoms. The first kappa shape index (κ1) is 17.9. The molecule has 26 heavy (non-hydrogen) atoms. The zero-order valence-corrected chi connectivity index (χ0v) is 14.7. The fourth-order valence-corrected chi connectivity index (χ4v) is 3.08. The number of carbonyl (C=O) groups excluding carboxylic acids is 2. The molecule has 3 rings (SSSR count). The van der Waals surface area contributed by atoms with Gasteiger partial charge in [0.15, 0.2) is 5.82 Å². The SMILES string of the molecule is CCOC(=O)C1=C(CSc2n[nH]c(-c3ccccc3F)n2)NC(=O)NC1. The van der Waals surface area contributed by atoms with Gasteiger partial charge in [0.2, 0.25) is 5.16 Å². The van der Waals surface area contributed by atoms with Crippen LogP contribution in [0.15, 0.2) is 40.7 Å². The number of hydrogen-bond acceptors (Lipinski definition) is 6. The van der Waals surface area contributed by atoms with Crippen LogP contribution < -0.4 is 10.6 Å². The smallest absolute Gasteiger partial charge is 0.337 e. The van der Waals surface area contributed by atoms with Crippen LogP contribution >= 0.6 is 11.8 Å². The molecule has 10 heteroatoms. The second kappa shape index (κ2) is 8.00. The highest BCUT2D eigenvalue weighted by molar-refractivity contribution is 7.99. The predicted octanol–water partition coefficient (Wildman–Crippen LogP) is 1.83. The Morgan fingerprint density at radius 3 is 2.96 bits per heavy atom. The van der Waals surface area contributed by atoms with Gasteiger partial charge in [0.05, 0.1) is 24.3 Å². The van der Waals surface area contributed by atoms with E-state index in [4.69, 9.17) is 4.74 Å². The van der Waals surface area contributed by atoms with E-state index in [1.807, 2.05) is 0 Å². The molecule has 0 saturated carbocycles.